The summed E-state index contributed by atoms with van der Waals surface area (Å²) < 4.78 is 0. The molecule has 0 unspecified atom stereocenters. The lowest BCUT2D eigenvalue weighted by atomic mass is 10.0. The van der Waals surface area contributed by atoms with Crippen molar-refractivity contribution in [2.24, 2.45) is 5.92 Å². The zero-order chi connectivity index (χ0) is 10.1. The first kappa shape index (κ1) is 12.4. The highest BCUT2D eigenvalue weighted by molar-refractivity contribution is 4.93. The Morgan fingerprint density at radius 3 is 2.54 bits per heavy atom. The Morgan fingerprint density at radius 2 is 2.00 bits per heavy atom. The minimum atomic E-state index is 0.167. The van der Waals surface area contributed by atoms with Crippen LogP contribution in [-0.4, -0.2) is 11.7 Å². The number of aliphatic hydroxyl groups excluding tert-OH is 1. The highest BCUT2D eigenvalue weighted by atomic mass is 16.2. The summed E-state index contributed by atoms with van der Waals surface area (Å²) in [6, 6.07) is 0. The number of aliphatic hydroxyl groups is 1. The molecule has 1 atom stereocenters. The number of allylic oxidation sites excluding steroid dienone is 3. The molecule has 13 heavy (non-hydrogen) atoms. The van der Waals surface area contributed by atoms with Crippen LogP contribution in [0.3, 0.4) is 0 Å². The molecule has 0 fully saturated rings. The zero-order valence-electron chi connectivity index (χ0n) is 9.09. The fourth-order valence-corrected chi connectivity index (χ4v) is 1.18. The molecule has 1 nitrogen and oxygen atoms in total. The molecule has 0 amide bonds. The Hall–Kier alpha value is -0.560. The van der Waals surface area contributed by atoms with Gasteiger partial charge in [0.05, 0.1) is 6.61 Å². The van der Waals surface area contributed by atoms with Crippen LogP contribution in [0.5, 0.6) is 0 Å². The average molecular weight is 182 g/mol. The maximum Gasteiger partial charge on any atom is 0.0612 e. The first-order chi connectivity index (χ1) is 6.16. The van der Waals surface area contributed by atoms with E-state index >= 15 is 0 Å². The normalized spacial score (nSPS) is 13.2. The molecule has 0 aliphatic carbocycles. The molecule has 0 bridgehead atoms. The molecule has 0 aromatic heterocycles. The van der Waals surface area contributed by atoms with Crippen LogP contribution < -0.4 is 0 Å². The summed E-state index contributed by atoms with van der Waals surface area (Å²) in [6.07, 6.45) is 9.66. The predicted octanol–water partition coefficient (Wildman–Crippen LogP) is 3.31. The summed E-state index contributed by atoms with van der Waals surface area (Å²) in [6.45, 7) is 6.69. The fourth-order valence-electron chi connectivity index (χ4n) is 1.18. The SMILES string of the molecule is CC(C)=CCC[C@H](C)C/C=C/CO. The van der Waals surface area contributed by atoms with Crippen LogP contribution in [0.4, 0.5) is 0 Å². The third-order valence-corrected chi connectivity index (χ3v) is 2.02. The highest BCUT2D eigenvalue weighted by Gasteiger charge is 1.97. The standard InChI is InChI=1S/C12H22O/c1-11(2)7-6-9-12(3)8-4-5-10-13/h4-5,7,12-13H,6,8-10H2,1-3H3/b5-4+/t12-/m1/s1. The molecule has 1 N–H and O–H groups in total. The summed E-state index contributed by atoms with van der Waals surface area (Å²) >= 11 is 0. The molecule has 0 saturated heterocycles. The van der Waals surface area contributed by atoms with E-state index in [0.29, 0.717) is 0 Å². The first-order valence-corrected chi connectivity index (χ1v) is 5.06. The van der Waals surface area contributed by atoms with Crippen LogP contribution in [0.25, 0.3) is 0 Å². The monoisotopic (exact) mass is 182 g/mol. The Balaban J connectivity index is 3.46. The van der Waals surface area contributed by atoms with E-state index in [0.717, 1.165) is 12.3 Å². The molecule has 0 heterocycles. The molecule has 0 aliphatic rings. The molecule has 0 aromatic carbocycles. The molecule has 0 saturated carbocycles. The van der Waals surface area contributed by atoms with Gasteiger partial charge < -0.3 is 5.11 Å². The van der Waals surface area contributed by atoms with E-state index in [1.807, 2.05) is 6.08 Å². The van der Waals surface area contributed by atoms with Crippen LogP contribution in [0, 0.1) is 5.92 Å². The molecule has 1 heteroatoms. The average Bonchev–Trinajstić information content (AvgIpc) is 2.04. The molecule has 0 rings (SSSR count). The largest absolute Gasteiger partial charge is 0.392 e. The lowest BCUT2D eigenvalue weighted by Gasteiger charge is -2.05. The maximum atomic E-state index is 8.53. The smallest absolute Gasteiger partial charge is 0.0612 e. The van der Waals surface area contributed by atoms with Crippen molar-refractivity contribution in [2.45, 2.75) is 40.0 Å². The molecule has 0 aliphatic heterocycles. The molecule has 76 valence electrons. The summed E-state index contributed by atoms with van der Waals surface area (Å²) in [5.41, 5.74) is 1.40. The lowest BCUT2D eigenvalue weighted by Crippen LogP contribution is -1.91. The predicted molar refractivity (Wildman–Crippen MR) is 58.7 cm³/mol. The number of hydrogen-bond donors (Lipinski definition) is 1. The van der Waals surface area contributed by atoms with E-state index in [9.17, 15) is 0 Å². The third-order valence-electron chi connectivity index (χ3n) is 2.02. The topological polar surface area (TPSA) is 20.2 Å². The van der Waals surface area contributed by atoms with Gasteiger partial charge in [0, 0.05) is 0 Å². The molecule has 0 aromatic rings. The fraction of sp³-hybridized carbons (Fsp3) is 0.667. The van der Waals surface area contributed by atoms with Crippen LogP contribution in [0.1, 0.15) is 40.0 Å². The van der Waals surface area contributed by atoms with E-state index < -0.39 is 0 Å². The van der Waals surface area contributed by atoms with E-state index in [1.165, 1.54) is 18.4 Å². The second-order valence-electron chi connectivity index (χ2n) is 3.85. The molecular formula is C12H22O. The highest BCUT2D eigenvalue weighted by Crippen LogP contribution is 2.11. The Bertz CT molecular complexity index is 164. The van der Waals surface area contributed by atoms with Crippen LogP contribution in [0.2, 0.25) is 0 Å². The zero-order valence-corrected chi connectivity index (χ0v) is 9.09. The Kier molecular flexibility index (Phi) is 7.71. The van der Waals surface area contributed by atoms with Crippen molar-refractivity contribution in [3.05, 3.63) is 23.8 Å². The van der Waals surface area contributed by atoms with Crippen molar-refractivity contribution in [1.29, 1.82) is 0 Å². The van der Waals surface area contributed by atoms with Gasteiger partial charge in [-0.05, 0) is 39.0 Å². The first-order valence-electron chi connectivity index (χ1n) is 5.06. The van der Waals surface area contributed by atoms with E-state index in [-0.39, 0.29) is 6.61 Å². The molecule has 0 spiro atoms. The van der Waals surface area contributed by atoms with Gasteiger partial charge in [-0.25, -0.2) is 0 Å². The minimum absolute atomic E-state index is 0.167. The van der Waals surface area contributed by atoms with Gasteiger partial charge in [-0.1, -0.05) is 30.7 Å². The van der Waals surface area contributed by atoms with Crippen molar-refractivity contribution in [3.8, 4) is 0 Å². The molecule has 0 radical (unpaired) electrons. The van der Waals surface area contributed by atoms with Crippen molar-refractivity contribution in [2.75, 3.05) is 6.61 Å². The van der Waals surface area contributed by atoms with Gasteiger partial charge in [0.25, 0.3) is 0 Å². The quantitative estimate of drug-likeness (QED) is 0.625. The van der Waals surface area contributed by atoms with E-state index in [1.54, 1.807) is 0 Å². The van der Waals surface area contributed by atoms with Gasteiger partial charge in [0.1, 0.15) is 0 Å². The van der Waals surface area contributed by atoms with Crippen molar-refractivity contribution >= 4 is 0 Å². The lowest BCUT2D eigenvalue weighted by molar-refractivity contribution is 0.342. The summed E-state index contributed by atoms with van der Waals surface area (Å²) in [7, 11) is 0. The number of rotatable bonds is 6. The van der Waals surface area contributed by atoms with Crippen LogP contribution >= 0.6 is 0 Å². The van der Waals surface area contributed by atoms with Gasteiger partial charge in [0.2, 0.25) is 0 Å². The van der Waals surface area contributed by atoms with Crippen molar-refractivity contribution in [1.82, 2.24) is 0 Å². The summed E-state index contributed by atoms with van der Waals surface area (Å²) in [5, 5.41) is 8.53. The third kappa shape index (κ3) is 9.35. The van der Waals surface area contributed by atoms with Crippen molar-refractivity contribution in [3.63, 3.8) is 0 Å². The number of hydrogen-bond acceptors (Lipinski definition) is 1. The maximum absolute atomic E-state index is 8.53. The summed E-state index contributed by atoms with van der Waals surface area (Å²) in [5.74, 6) is 0.721. The van der Waals surface area contributed by atoms with Gasteiger partial charge in [0.15, 0.2) is 0 Å². The second kappa shape index (κ2) is 8.06. The summed E-state index contributed by atoms with van der Waals surface area (Å²) in [4.78, 5) is 0. The van der Waals surface area contributed by atoms with E-state index in [4.69, 9.17) is 5.11 Å². The minimum Gasteiger partial charge on any atom is -0.392 e. The van der Waals surface area contributed by atoms with Crippen LogP contribution in [0.15, 0.2) is 23.8 Å². The van der Waals surface area contributed by atoms with Gasteiger partial charge >= 0.3 is 0 Å². The molecular weight excluding hydrogens is 160 g/mol. The van der Waals surface area contributed by atoms with Gasteiger partial charge in [-0.15, -0.1) is 0 Å². The van der Waals surface area contributed by atoms with Gasteiger partial charge in [-0.3, -0.25) is 0 Å². The second-order valence-corrected chi connectivity index (χ2v) is 3.85. The van der Waals surface area contributed by atoms with Crippen molar-refractivity contribution < 1.29 is 5.11 Å². The van der Waals surface area contributed by atoms with Crippen LogP contribution in [-0.2, 0) is 0 Å². The Labute approximate surface area is 82.2 Å². The van der Waals surface area contributed by atoms with E-state index in [2.05, 4.69) is 32.9 Å². The Morgan fingerprint density at radius 1 is 1.31 bits per heavy atom. The van der Waals surface area contributed by atoms with Gasteiger partial charge in [-0.2, -0.15) is 0 Å².